The zero-order valence-electron chi connectivity index (χ0n) is 9.73. The first kappa shape index (κ1) is 12.9. The van der Waals surface area contributed by atoms with Gasteiger partial charge in [-0.15, -0.1) is 0 Å². The van der Waals surface area contributed by atoms with E-state index in [1.54, 1.807) is 0 Å². The van der Waals surface area contributed by atoms with Crippen LogP contribution in [0.3, 0.4) is 0 Å². The summed E-state index contributed by atoms with van der Waals surface area (Å²) in [4.78, 5) is 28.6. The maximum atomic E-state index is 13.9. The topological polar surface area (TPSA) is 50.3 Å². The summed E-state index contributed by atoms with van der Waals surface area (Å²) in [5, 5.41) is 0. The second kappa shape index (κ2) is 4.45. The molecule has 20 heavy (non-hydrogen) atoms. The van der Waals surface area contributed by atoms with Crippen LogP contribution in [0, 0.1) is 11.6 Å². The molecule has 1 aliphatic heterocycles. The van der Waals surface area contributed by atoms with Gasteiger partial charge in [-0.3, -0.25) is 14.6 Å². The lowest BCUT2D eigenvalue weighted by molar-refractivity contribution is 0.0923. The zero-order valence-corrected chi connectivity index (χ0v) is 11.3. The third-order valence-corrected chi connectivity index (χ3v) is 3.49. The molecule has 3 rings (SSSR count). The lowest BCUT2D eigenvalue weighted by Gasteiger charge is -2.14. The summed E-state index contributed by atoms with van der Waals surface area (Å²) in [6.45, 7) is 0. The summed E-state index contributed by atoms with van der Waals surface area (Å²) in [5.41, 5.74) is -0.431. The first-order valence-electron chi connectivity index (χ1n) is 5.49. The van der Waals surface area contributed by atoms with Gasteiger partial charge in [-0.1, -0.05) is 0 Å². The summed E-state index contributed by atoms with van der Waals surface area (Å²) in [6.07, 6.45) is 1.35. The molecule has 1 aromatic carbocycles. The summed E-state index contributed by atoms with van der Waals surface area (Å²) in [7, 11) is 0. The average molecular weight is 339 g/mol. The monoisotopic (exact) mass is 338 g/mol. The third-order valence-electron chi connectivity index (χ3n) is 2.88. The molecule has 1 aromatic heterocycles. The van der Waals surface area contributed by atoms with Crippen molar-refractivity contribution in [1.29, 1.82) is 0 Å². The van der Waals surface area contributed by atoms with Crippen LogP contribution in [0.1, 0.15) is 20.8 Å². The predicted octanol–water partition coefficient (Wildman–Crippen LogP) is 2.92. The number of pyridine rings is 1. The number of hydrogen-bond acceptors (Lipinski definition) is 3. The molecule has 0 radical (unpaired) electrons. The lowest BCUT2D eigenvalue weighted by atomic mass is 10.2. The van der Waals surface area contributed by atoms with Crippen molar-refractivity contribution < 1.29 is 18.4 Å². The van der Waals surface area contributed by atoms with Gasteiger partial charge < -0.3 is 0 Å². The summed E-state index contributed by atoms with van der Waals surface area (Å²) >= 11 is 2.83. The molecule has 7 heteroatoms. The second-order valence-electron chi connectivity index (χ2n) is 4.06. The van der Waals surface area contributed by atoms with E-state index in [1.165, 1.54) is 18.3 Å². The molecule has 0 spiro atoms. The van der Waals surface area contributed by atoms with E-state index in [2.05, 4.69) is 20.9 Å². The highest BCUT2D eigenvalue weighted by atomic mass is 79.9. The summed E-state index contributed by atoms with van der Waals surface area (Å²) in [6, 6.07) is 4.56. The maximum absolute atomic E-state index is 13.9. The summed E-state index contributed by atoms with van der Waals surface area (Å²) < 4.78 is 27.3. The van der Waals surface area contributed by atoms with Gasteiger partial charge in [-0.2, -0.15) is 0 Å². The molecule has 0 saturated heterocycles. The Hall–Kier alpha value is -2.15. The van der Waals surface area contributed by atoms with Crippen LogP contribution >= 0.6 is 15.9 Å². The molecule has 0 fully saturated rings. The van der Waals surface area contributed by atoms with E-state index in [9.17, 15) is 18.4 Å². The van der Waals surface area contributed by atoms with E-state index >= 15 is 0 Å². The van der Waals surface area contributed by atoms with Gasteiger partial charge in [0.25, 0.3) is 11.8 Å². The molecule has 1 aliphatic rings. The molecule has 0 aliphatic carbocycles. The number of aromatic nitrogens is 1. The molecule has 0 saturated carbocycles. The van der Waals surface area contributed by atoms with E-state index in [4.69, 9.17) is 0 Å². The van der Waals surface area contributed by atoms with E-state index in [-0.39, 0.29) is 15.7 Å². The fourth-order valence-corrected chi connectivity index (χ4v) is 2.28. The Bertz CT molecular complexity index is 729. The van der Waals surface area contributed by atoms with Gasteiger partial charge >= 0.3 is 0 Å². The maximum Gasteiger partial charge on any atom is 0.284 e. The number of imide groups is 1. The highest BCUT2D eigenvalue weighted by Gasteiger charge is 2.39. The Morgan fingerprint density at radius 3 is 2.55 bits per heavy atom. The van der Waals surface area contributed by atoms with Crippen LogP contribution < -0.4 is 4.90 Å². The van der Waals surface area contributed by atoms with Crippen molar-refractivity contribution in [2.45, 2.75) is 0 Å². The molecule has 2 amide bonds. The fourth-order valence-electron chi connectivity index (χ4n) is 1.97. The molecule has 2 aromatic rings. The van der Waals surface area contributed by atoms with Crippen molar-refractivity contribution in [2.24, 2.45) is 0 Å². The average Bonchev–Trinajstić information content (AvgIpc) is 2.68. The largest absolute Gasteiger partial charge is 0.284 e. The summed E-state index contributed by atoms with van der Waals surface area (Å²) in [5.74, 6) is -3.15. The Kier molecular flexibility index (Phi) is 2.86. The predicted molar refractivity (Wildman–Crippen MR) is 69.4 cm³/mol. The smallest absolute Gasteiger partial charge is 0.268 e. The van der Waals surface area contributed by atoms with Crippen LogP contribution in [0.5, 0.6) is 0 Å². The highest BCUT2D eigenvalue weighted by molar-refractivity contribution is 9.10. The number of amides is 2. The Balaban J connectivity index is 2.17. The molecule has 0 N–H and O–H groups in total. The van der Waals surface area contributed by atoms with Gasteiger partial charge in [-0.05, 0) is 34.1 Å². The first-order valence-corrected chi connectivity index (χ1v) is 6.28. The zero-order chi connectivity index (χ0) is 14.4. The molecule has 0 unspecified atom stereocenters. The minimum Gasteiger partial charge on any atom is -0.268 e. The van der Waals surface area contributed by atoms with Gasteiger partial charge in [0.1, 0.15) is 17.3 Å². The number of carbonyl (C=O) groups excluding carboxylic acids is 2. The first-order chi connectivity index (χ1) is 9.50. The van der Waals surface area contributed by atoms with Gasteiger partial charge in [0.15, 0.2) is 0 Å². The van der Waals surface area contributed by atoms with Crippen molar-refractivity contribution in [1.82, 2.24) is 4.98 Å². The number of rotatable bonds is 1. The normalized spacial score (nSPS) is 13.8. The number of anilines is 1. The number of carbonyl (C=O) groups is 2. The minimum atomic E-state index is -0.882. The second-order valence-corrected chi connectivity index (χ2v) is 4.92. The van der Waals surface area contributed by atoms with Crippen molar-refractivity contribution in [3.63, 3.8) is 0 Å². The van der Waals surface area contributed by atoms with Gasteiger partial charge in [-0.25, -0.2) is 13.7 Å². The molecule has 2 heterocycles. The third kappa shape index (κ3) is 1.74. The molecular weight excluding hydrogens is 334 g/mol. The van der Waals surface area contributed by atoms with Crippen molar-refractivity contribution in [2.75, 3.05) is 4.90 Å². The number of halogens is 3. The van der Waals surface area contributed by atoms with Crippen LogP contribution in [0.25, 0.3) is 0 Å². The number of nitrogens with zero attached hydrogens (tertiary/aromatic N) is 2. The highest BCUT2D eigenvalue weighted by Crippen LogP contribution is 2.31. The van der Waals surface area contributed by atoms with E-state index in [1.807, 2.05) is 0 Å². The van der Waals surface area contributed by atoms with Gasteiger partial charge in [0.2, 0.25) is 0 Å². The number of hydrogen-bond donors (Lipinski definition) is 0. The quantitative estimate of drug-likeness (QED) is 0.593. The van der Waals surface area contributed by atoms with Crippen molar-refractivity contribution in [3.05, 3.63) is 57.8 Å². The fraction of sp³-hybridized carbons (Fsp3) is 0. The minimum absolute atomic E-state index is 0.0692. The van der Waals surface area contributed by atoms with Crippen molar-refractivity contribution >= 4 is 33.4 Å². The van der Waals surface area contributed by atoms with E-state index < -0.39 is 29.1 Å². The Labute approximate surface area is 120 Å². The van der Waals surface area contributed by atoms with Gasteiger partial charge in [0.05, 0.1) is 15.7 Å². The van der Waals surface area contributed by atoms with Crippen LogP contribution in [0.4, 0.5) is 14.5 Å². The molecule has 0 bridgehead atoms. The Morgan fingerprint density at radius 1 is 1.10 bits per heavy atom. The molecular formula is C13H5BrF2N2O2. The lowest BCUT2D eigenvalue weighted by Crippen LogP contribution is -2.30. The Morgan fingerprint density at radius 2 is 1.85 bits per heavy atom. The standard InChI is InChI=1S/C13H5BrF2N2O2/c14-7-4-9(16)10(5-8(7)15)18-12(19)6-2-1-3-17-11(6)13(18)20/h1-5H. The van der Waals surface area contributed by atoms with E-state index in [0.717, 1.165) is 12.1 Å². The van der Waals surface area contributed by atoms with E-state index in [0.29, 0.717) is 4.90 Å². The number of fused-ring (bicyclic) bond motifs is 1. The molecule has 100 valence electrons. The van der Waals surface area contributed by atoms with Crippen molar-refractivity contribution in [3.8, 4) is 0 Å². The molecule has 0 atom stereocenters. The molecule has 4 nitrogen and oxygen atoms in total. The van der Waals surface area contributed by atoms with Crippen LogP contribution in [-0.4, -0.2) is 16.8 Å². The number of benzene rings is 1. The van der Waals surface area contributed by atoms with Crippen LogP contribution in [0.15, 0.2) is 34.9 Å². The van der Waals surface area contributed by atoms with Gasteiger partial charge in [0, 0.05) is 12.3 Å². The van der Waals surface area contributed by atoms with Crippen LogP contribution in [-0.2, 0) is 0 Å². The SMILES string of the molecule is O=C1c2cccnc2C(=O)N1c1cc(F)c(Br)cc1F. The van der Waals surface area contributed by atoms with Crippen LogP contribution in [0.2, 0.25) is 0 Å².